The van der Waals surface area contributed by atoms with Crippen LogP contribution in [-0.4, -0.2) is 6.04 Å². The Hall–Kier alpha value is -0.690. The van der Waals surface area contributed by atoms with Gasteiger partial charge in [-0.05, 0) is 37.5 Å². The molecule has 0 aliphatic carbocycles. The van der Waals surface area contributed by atoms with Crippen LogP contribution in [0.4, 0.5) is 5.69 Å². The second kappa shape index (κ2) is 6.02. The molecule has 0 aliphatic heterocycles. The summed E-state index contributed by atoms with van der Waals surface area (Å²) >= 11 is 6.13. The normalized spacial score (nSPS) is 12.5. The van der Waals surface area contributed by atoms with E-state index in [9.17, 15) is 0 Å². The van der Waals surface area contributed by atoms with Crippen LogP contribution in [0.3, 0.4) is 0 Å². The monoisotopic (exact) mass is 225 g/mol. The Morgan fingerprint density at radius 1 is 1.33 bits per heavy atom. The van der Waals surface area contributed by atoms with Crippen molar-refractivity contribution in [2.45, 2.75) is 46.1 Å². The third kappa shape index (κ3) is 3.75. The Bertz CT molecular complexity index is 309. The molecule has 15 heavy (non-hydrogen) atoms. The molecule has 1 rings (SSSR count). The van der Waals surface area contributed by atoms with Gasteiger partial charge in [0.15, 0.2) is 0 Å². The van der Waals surface area contributed by atoms with Gasteiger partial charge in [-0.1, -0.05) is 37.9 Å². The molecule has 2 heteroatoms. The van der Waals surface area contributed by atoms with Crippen molar-refractivity contribution < 1.29 is 0 Å². The van der Waals surface area contributed by atoms with Gasteiger partial charge in [0.1, 0.15) is 0 Å². The second-order valence-corrected chi connectivity index (χ2v) is 4.43. The number of benzene rings is 1. The highest BCUT2D eigenvalue weighted by molar-refractivity contribution is 6.33. The molecule has 1 nitrogen and oxygen atoms in total. The van der Waals surface area contributed by atoms with E-state index in [1.807, 2.05) is 12.1 Å². The van der Waals surface area contributed by atoms with Crippen LogP contribution in [-0.2, 0) is 0 Å². The Balaban J connectivity index is 2.73. The molecule has 1 atom stereocenters. The van der Waals surface area contributed by atoms with Crippen molar-refractivity contribution in [1.82, 2.24) is 0 Å². The first-order chi connectivity index (χ1) is 7.17. The molecule has 0 amide bonds. The molecular formula is C13H20ClN. The van der Waals surface area contributed by atoms with Gasteiger partial charge in [-0.15, -0.1) is 0 Å². The van der Waals surface area contributed by atoms with E-state index in [-0.39, 0.29) is 0 Å². The van der Waals surface area contributed by atoms with Gasteiger partial charge in [-0.2, -0.15) is 0 Å². The summed E-state index contributed by atoms with van der Waals surface area (Å²) in [7, 11) is 0. The maximum absolute atomic E-state index is 6.13. The summed E-state index contributed by atoms with van der Waals surface area (Å²) in [6, 6.07) is 6.64. The average Bonchev–Trinajstić information content (AvgIpc) is 2.22. The summed E-state index contributed by atoms with van der Waals surface area (Å²) in [4.78, 5) is 0. The van der Waals surface area contributed by atoms with Crippen molar-refractivity contribution in [2.24, 2.45) is 0 Å². The van der Waals surface area contributed by atoms with Crippen LogP contribution in [0.2, 0.25) is 5.02 Å². The van der Waals surface area contributed by atoms with Gasteiger partial charge in [0.2, 0.25) is 0 Å². The smallest absolute Gasteiger partial charge is 0.0637 e. The van der Waals surface area contributed by atoms with E-state index >= 15 is 0 Å². The lowest BCUT2D eigenvalue weighted by Crippen LogP contribution is -2.18. The molecule has 0 saturated heterocycles. The van der Waals surface area contributed by atoms with E-state index in [2.05, 4.69) is 32.2 Å². The number of aryl methyl sites for hydroxylation is 1. The largest absolute Gasteiger partial charge is 0.381 e. The molecule has 0 aliphatic rings. The molecule has 0 aromatic heterocycles. The predicted octanol–water partition coefficient (Wildman–Crippen LogP) is 4.64. The molecular weight excluding hydrogens is 206 g/mol. The molecule has 0 spiro atoms. The maximum Gasteiger partial charge on any atom is 0.0637 e. The Kier molecular flexibility index (Phi) is 4.97. The fourth-order valence-electron chi connectivity index (χ4n) is 1.70. The first-order valence-electron chi connectivity index (χ1n) is 5.70. The quantitative estimate of drug-likeness (QED) is 0.770. The van der Waals surface area contributed by atoms with Gasteiger partial charge in [0.05, 0.1) is 10.7 Å². The number of rotatable bonds is 5. The van der Waals surface area contributed by atoms with Gasteiger partial charge in [0, 0.05) is 6.04 Å². The fourth-order valence-corrected chi connectivity index (χ4v) is 1.87. The Morgan fingerprint density at radius 2 is 2.07 bits per heavy atom. The summed E-state index contributed by atoms with van der Waals surface area (Å²) in [5, 5.41) is 4.32. The van der Waals surface area contributed by atoms with Gasteiger partial charge in [0.25, 0.3) is 0 Å². The Labute approximate surface area is 97.8 Å². The minimum atomic E-state index is 0.536. The first kappa shape index (κ1) is 12.4. The molecule has 1 unspecified atom stereocenters. The van der Waals surface area contributed by atoms with E-state index in [0.717, 1.165) is 17.1 Å². The first-order valence-corrected chi connectivity index (χ1v) is 6.07. The van der Waals surface area contributed by atoms with Crippen molar-refractivity contribution in [1.29, 1.82) is 0 Å². The van der Waals surface area contributed by atoms with Gasteiger partial charge >= 0.3 is 0 Å². The SMILES string of the molecule is CCCC(CC)Nc1cc(C)ccc1Cl. The van der Waals surface area contributed by atoms with Crippen LogP contribution in [0.15, 0.2) is 18.2 Å². The lowest BCUT2D eigenvalue weighted by Gasteiger charge is -2.18. The minimum absolute atomic E-state index is 0.536. The van der Waals surface area contributed by atoms with Crippen LogP contribution in [0.1, 0.15) is 38.7 Å². The van der Waals surface area contributed by atoms with E-state index < -0.39 is 0 Å². The summed E-state index contributed by atoms with van der Waals surface area (Å²) in [5.74, 6) is 0. The summed E-state index contributed by atoms with van der Waals surface area (Å²) in [6.07, 6.45) is 3.54. The molecule has 0 saturated carbocycles. The summed E-state index contributed by atoms with van der Waals surface area (Å²) < 4.78 is 0. The van der Waals surface area contributed by atoms with Crippen molar-refractivity contribution in [2.75, 3.05) is 5.32 Å². The highest BCUT2D eigenvalue weighted by Crippen LogP contribution is 2.24. The number of halogens is 1. The highest BCUT2D eigenvalue weighted by Gasteiger charge is 2.07. The maximum atomic E-state index is 6.13. The predicted molar refractivity (Wildman–Crippen MR) is 68.8 cm³/mol. The van der Waals surface area contributed by atoms with E-state index in [0.29, 0.717) is 6.04 Å². The van der Waals surface area contributed by atoms with Gasteiger partial charge < -0.3 is 5.32 Å². The van der Waals surface area contributed by atoms with E-state index in [1.165, 1.54) is 18.4 Å². The molecule has 1 aromatic carbocycles. The standard InChI is InChI=1S/C13H20ClN/c1-4-6-11(5-2)15-13-9-10(3)7-8-12(13)14/h7-9,11,15H,4-6H2,1-3H3. The zero-order valence-electron chi connectivity index (χ0n) is 9.81. The van der Waals surface area contributed by atoms with Crippen LogP contribution in [0.5, 0.6) is 0 Å². The van der Waals surface area contributed by atoms with E-state index in [1.54, 1.807) is 0 Å². The van der Waals surface area contributed by atoms with E-state index in [4.69, 9.17) is 11.6 Å². The lowest BCUT2D eigenvalue weighted by atomic mass is 10.1. The molecule has 84 valence electrons. The van der Waals surface area contributed by atoms with Crippen molar-refractivity contribution >= 4 is 17.3 Å². The van der Waals surface area contributed by atoms with Crippen LogP contribution >= 0.6 is 11.6 Å². The lowest BCUT2D eigenvalue weighted by molar-refractivity contribution is 0.623. The number of nitrogens with one attached hydrogen (secondary N) is 1. The number of anilines is 1. The molecule has 0 bridgehead atoms. The minimum Gasteiger partial charge on any atom is -0.381 e. The van der Waals surface area contributed by atoms with Crippen molar-refractivity contribution in [3.8, 4) is 0 Å². The topological polar surface area (TPSA) is 12.0 Å². The van der Waals surface area contributed by atoms with Crippen LogP contribution < -0.4 is 5.32 Å². The highest BCUT2D eigenvalue weighted by atomic mass is 35.5. The average molecular weight is 226 g/mol. The van der Waals surface area contributed by atoms with Crippen LogP contribution in [0.25, 0.3) is 0 Å². The molecule has 0 fully saturated rings. The Morgan fingerprint density at radius 3 is 2.67 bits per heavy atom. The second-order valence-electron chi connectivity index (χ2n) is 4.02. The van der Waals surface area contributed by atoms with Gasteiger partial charge in [-0.3, -0.25) is 0 Å². The zero-order valence-corrected chi connectivity index (χ0v) is 10.6. The van der Waals surface area contributed by atoms with Crippen molar-refractivity contribution in [3.63, 3.8) is 0 Å². The molecule has 1 aromatic rings. The molecule has 0 radical (unpaired) electrons. The molecule has 0 heterocycles. The third-order valence-corrected chi connectivity index (χ3v) is 2.94. The van der Waals surface area contributed by atoms with Gasteiger partial charge in [-0.25, -0.2) is 0 Å². The molecule has 1 N–H and O–H groups in total. The summed E-state index contributed by atoms with van der Waals surface area (Å²) in [6.45, 7) is 6.50. The van der Waals surface area contributed by atoms with Crippen LogP contribution in [0, 0.1) is 6.92 Å². The number of hydrogen-bond acceptors (Lipinski definition) is 1. The van der Waals surface area contributed by atoms with Crippen molar-refractivity contribution in [3.05, 3.63) is 28.8 Å². The zero-order chi connectivity index (χ0) is 11.3. The summed E-state index contributed by atoms with van der Waals surface area (Å²) in [5.41, 5.74) is 2.31. The third-order valence-electron chi connectivity index (χ3n) is 2.61. The number of hydrogen-bond donors (Lipinski definition) is 1. The fraction of sp³-hybridized carbons (Fsp3) is 0.538.